The molecule has 102 valence electrons. The molecular weight excluding hydrogens is 254 g/mol. The molecule has 4 nitrogen and oxygen atoms in total. The first-order valence-electron chi connectivity index (χ1n) is 6.30. The van der Waals surface area contributed by atoms with Gasteiger partial charge in [-0.3, -0.25) is 9.59 Å². The summed E-state index contributed by atoms with van der Waals surface area (Å²) in [5.74, 6) is 0.734. The molecule has 2 aromatic carbocycles. The molecule has 0 atom stereocenters. The van der Waals surface area contributed by atoms with Crippen LogP contribution in [-0.2, 0) is 6.42 Å². The summed E-state index contributed by atoms with van der Waals surface area (Å²) in [7, 11) is 0. The minimum Gasteiger partial charge on any atom is -0.457 e. The molecule has 1 amide bonds. The summed E-state index contributed by atoms with van der Waals surface area (Å²) >= 11 is 0. The van der Waals surface area contributed by atoms with Gasteiger partial charge in [0, 0.05) is 16.7 Å². The average Bonchev–Trinajstić information content (AvgIpc) is 2.47. The van der Waals surface area contributed by atoms with E-state index in [0.29, 0.717) is 29.0 Å². The van der Waals surface area contributed by atoms with Gasteiger partial charge in [-0.05, 0) is 42.8 Å². The van der Waals surface area contributed by atoms with Crippen LogP contribution in [0.15, 0.2) is 42.5 Å². The normalized spacial score (nSPS) is 10.1. The van der Waals surface area contributed by atoms with E-state index in [9.17, 15) is 9.59 Å². The highest BCUT2D eigenvalue weighted by molar-refractivity contribution is 5.95. The largest absolute Gasteiger partial charge is 0.457 e. The fourth-order valence-corrected chi connectivity index (χ4v) is 2.00. The average molecular weight is 269 g/mol. The minimum atomic E-state index is -0.469. The standard InChI is InChI=1S/C16H15NO3/c1-2-13-14(16(17)19)4-3-5-15(13)20-12-8-6-11(10-18)7-9-12/h3-10H,2H2,1H3,(H2,17,19). The summed E-state index contributed by atoms with van der Waals surface area (Å²) in [4.78, 5) is 22.0. The van der Waals surface area contributed by atoms with E-state index in [4.69, 9.17) is 10.5 Å². The van der Waals surface area contributed by atoms with Gasteiger partial charge in [-0.25, -0.2) is 0 Å². The van der Waals surface area contributed by atoms with Gasteiger partial charge in [0.25, 0.3) is 0 Å². The van der Waals surface area contributed by atoms with Crippen LogP contribution in [0.1, 0.15) is 33.2 Å². The zero-order valence-electron chi connectivity index (χ0n) is 11.1. The Morgan fingerprint density at radius 2 is 1.90 bits per heavy atom. The molecule has 0 saturated carbocycles. The topological polar surface area (TPSA) is 69.4 Å². The molecule has 0 unspecified atom stereocenters. The number of ether oxygens (including phenoxy) is 1. The van der Waals surface area contributed by atoms with Gasteiger partial charge in [-0.2, -0.15) is 0 Å². The summed E-state index contributed by atoms with van der Waals surface area (Å²) in [5.41, 5.74) is 7.18. The van der Waals surface area contributed by atoms with Crippen molar-refractivity contribution in [2.75, 3.05) is 0 Å². The number of benzene rings is 2. The van der Waals surface area contributed by atoms with Crippen LogP contribution >= 0.6 is 0 Å². The number of primary amides is 1. The Balaban J connectivity index is 2.34. The van der Waals surface area contributed by atoms with E-state index in [0.717, 1.165) is 11.8 Å². The van der Waals surface area contributed by atoms with Gasteiger partial charge in [-0.1, -0.05) is 13.0 Å². The maximum absolute atomic E-state index is 11.4. The van der Waals surface area contributed by atoms with Crippen molar-refractivity contribution in [3.63, 3.8) is 0 Å². The summed E-state index contributed by atoms with van der Waals surface area (Å²) in [6, 6.07) is 12.0. The van der Waals surface area contributed by atoms with Crippen molar-refractivity contribution >= 4 is 12.2 Å². The molecule has 2 N–H and O–H groups in total. The maximum Gasteiger partial charge on any atom is 0.249 e. The van der Waals surface area contributed by atoms with Crippen LogP contribution in [0.25, 0.3) is 0 Å². The van der Waals surface area contributed by atoms with Gasteiger partial charge < -0.3 is 10.5 Å². The van der Waals surface area contributed by atoms with Crippen molar-refractivity contribution in [1.82, 2.24) is 0 Å². The summed E-state index contributed by atoms with van der Waals surface area (Å²) in [6.45, 7) is 1.93. The lowest BCUT2D eigenvalue weighted by Gasteiger charge is -2.12. The van der Waals surface area contributed by atoms with Crippen molar-refractivity contribution in [3.8, 4) is 11.5 Å². The van der Waals surface area contributed by atoms with Gasteiger partial charge in [0.05, 0.1) is 0 Å². The molecule has 0 aromatic heterocycles. The molecule has 0 aliphatic rings. The molecular formula is C16H15NO3. The van der Waals surface area contributed by atoms with Gasteiger partial charge in [-0.15, -0.1) is 0 Å². The fourth-order valence-electron chi connectivity index (χ4n) is 2.00. The Morgan fingerprint density at radius 1 is 1.20 bits per heavy atom. The molecule has 0 aliphatic carbocycles. The van der Waals surface area contributed by atoms with Crippen LogP contribution in [0.3, 0.4) is 0 Å². The SMILES string of the molecule is CCc1c(Oc2ccc(C=O)cc2)cccc1C(N)=O. The monoisotopic (exact) mass is 269 g/mol. The van der Waals surface area contributed by atoms with E-state index in [1.807, 2.05) is 6.92 Å². The molecule has 0 heterocycles. The molecule has 2 aromatic rings. The maximum atomic E-state index is 11.4. The lowest BCUT2D eigenvalue weighted by Crippen LogP contribution is -2.14. The van der Waals surface area contributed by atoms with Crippen LogP contribution in [0.4, 0.5) is 0 Å². The third-order valence-corrected chi connectivity index (χ3v) is 3.00. The van der Waals surface area contributed by atoms with Crippen molar-refractivity contribution in [1.29, 1.82) is 0 Å². The molecule has 0 bridgehead atoms. The van der Waals surface area contributed by atoms with E-state index in [-0.39, 0.29) is 0 Å². The van der Waals surface area contributed by atoms with Crippen molar-refractivity contribution in [2.24, 2.45) is 5.73 Å². The van der Waals surface area contributed by atoms with E-state index >= 15 is 0 Å². The predicted octanol–water partition coefficient (Wildman–Crippen LogP) is 2.95. The highest BCUT2D eigenvalue weighted by Crippen LogP contribution is 2.28. The number of hydrogen-bond donors (Lipinski definition) is 1. The minimum absolute atomic E-state index is 0.467. The van der Waals surface area contributed by atoms with Crippen LogP contribution < -0.4 is 10.5 Å². The van der Waals surface area contributed by atoms with E-state index < -0.39 is 5.91 Å². The molecule has 0 aliphatic heterocycles. The second-order valence-electron chi connectivity index (χ2n) is 4.29. The number of hydrogen-bond acceptors (Lipinski definition) is 3. The molecule has 20 heavy (non-hydrogen) atoms. The van der Waals surface area contributed by atoms with Gasteiger partial charge in [0.15, 0.2) is 0 Å². The Bertz CT molecular complexity index is 633. The quantitative estimate of drug-likeness (QED) is 0.848. The molecule has 0 radical (unpaired) electrons. The van der Waals surface area contributed by atoms with Gasteiger partial charge in [0.1, 0.15) is 17.8 Å². The number of carbonyl (C=O) groups excluding carboxylic acids is 2. The van der Waals surface area contributed by atoms with Crippen molar-refractivity contribution < 1.29 is 14.3 Å². The summed E-state index contributed by atoms with van der Waals surface area (Å²) in [5, 5.41) is 0. The van der Waals surface area contributed by atoms with Crippen LogP contribution in [0.2, 0.25) is 0 Å². The molecule has 0 fully saturated rings. The Kier molecular flexibility index (Phi) is 4.15. The zero-order chi connectivity index (χ0) is 14.5. The molecule has 4 heteroatoms. The van der Waals surface area contributed by atoms with Crippen LogP contribution in [-0.4, -0.2) is 12.2 Å². The molecule has 0 saturated heterocycles. The van der Waals surface area contributed by atoms with E-state index in [1.165, 1.54) is 0 Å². The summed E-state index contributed by atoms with van der Waals surface area (Å²) < 4.78 is 5.77. The van der Waals surface area contributed by atoms with Crippen molar-refractivity contribution in [2.45, 2.75) is 13.3 Å². The van der Waals surface area contributed by atoms with Gasteiger partial charge in [0.2, 0.25) is 5.91 Å². The van der Waals surface area contributed by atoms with E-state index in [1.54, 1.807) is 42.5 Å². The predicted molar refractivity (Wildman–Crippen MR) is 76.2 cm³/mol. The second-order valence-corrected chi connectivity index (χ2v) is 4.29. The summed E-state index contributed by atoms with van der Waals surface area (Å²) in [6.07, 6.45) is 1.41. The Labute approximate surface area is 117 Å². The molecule has 0 spiro atoms. The smallest absolute Gasteiger partial charge is 0.249 e. The fraction of sp³-hybridized carbons (Fsp3) is 0.125. The number of aldehydes is 1. The number of carbonyl (C=O) groups is 2. The highest BCUT2D eigenvalue weighted by Gasteiger charge is 2.12. The number of amides is 1. The molecule has 2 rings (SSSR count). The van der Waals surface area contributed by atoms with E-state index in [2.05, 4.69) is 0 Å². The third-order valence-electron chi connectivity index (χ3n) is 3.00. The number of nitrogens with two attached hydrogens (primary N) is 1. The first kappa shape index (κ1) is 13.8. The van der Waals surface area contributed by atoms with Crippen molar-refractivity contribution in [3.05, 3.63) is 59.2 Å². The Hall–Kier alpha value is -2.62. The first-order valence-corrected chi connectivity index (χ1v) is 6.30. The second kappa shape index (κ2) is 6.02. The lowest BCUT2D eigenvalue weighted by atomic mass is 10.0. The van der Waals surface area contributed by atoms with Crippen LogP contribution in [0, 0.1) is 0 Å². The van der Waals surface area contributed by atoms with Gasteiger partial charge >= 0.3 is 0 Å². The first-order chi connectivity index (χ1) is 9.65. The highest BCUT2D eigenvalue weighted by atomic mass is 16.5. The number of rotatable bonds is 5. The lowest BCUT2D eigenvalue weighted by molar-refractivity contribution is 0.0998. The third kappa shape index (κ3) is 2.85. The Morgan fingerprint density at radius 3 is 2.45 bits per heavy atom. The van der Waals surface area contributed by atoms with Crippen LogP contribution in [0.5, 0.6) is 11.5 Å². The zero-order valence-corrected chi connectivity index (χ0v) is 11.1.